The SMILES string of the molecule is CCCC(C)(CNC(C)(C)C)CN(C)Cc1nccn1C. The summed E-state index contributed by atoms with van der Waals surface area (Å²) in [4.78, 5) is 6.81. The molecule has 0 aliphatic heterocycles. The van der Waals surface area contributed by atoms with E-state index in [-0.39, 0.29) is 5.54 Å². The van der Waals surface area contributed by atoms with Crippen LogP contribution >= 0.6 is 0 Å². The van der Waals surface area contributed by atoms with Crippen LogP contribution in [0.4, 0.5) is 0 Å². The van der Waals surface area contributed by atoms with Gasteiger partial charge in [0, 0.05) is 38.1 Å². The molecule has 0 amide bonds. The number of nitrogens with one attached hydrogen (secondary N) is 1. The van der Waals surface area contributed by atoms with Crippen molar-refractivity contribution in [3.05, 3.63) is 18.2 Å². The van der Waals surface area contributed by atoms with Gasteiger partial charge in [0.15, 0.2) is 0 Å². The van der Waals surface area contributed by atoms with Crippen molar-refractivity contribution in [2.45, 2.75) is 59.5 Å². The molecule has 1 N–H and O–H groups in total. The van der Waals surface area contributed by atoms with Gasteiger partial charge in [-0.25, -0.2) is 4.98 Å². The predicted molar refractivity (Wildman–Crippen MR) is 90.3 cm³/mol. The van der Waals surface area contributed by atoms with Crippen LogP contribution in [0.25, 0.3) is 0 Å². The van der Waals surface area contributed by atoms with Crippen molar-refractivity contribution in [3.63, 3.8) is 0 Å². The molecule has 4 nitrogen and oxygen atoms in total. The first-order valence-electron chi connectivity index (χ1n) is 8.05. The lowest BCUT2D eigenvalue weighted by Gasteiger charge is -2.36. The third kappa shape index (κ3) is 6.62. The summed E-state index contributed by atoms with van der Waals surface area (Å²) in [5, 5.41) is 3.68. The van der Waals surface area contributed by atoms with Gasteiger partial charge in [0.05, 0.1) is 6.54 Å². The maximum Gasteiger partial charge on any atom is 0.122 e. The fourth-order valence-corrected chi connectivity index (χ4v) is 2.80. The Balaban J connectivity index is 2.61. The molecule has 1 aromatic rings. The van der Waals surface area contributed by atoms with Crippen LogP contribution in [0.5, 0.6) is 0 Å². The van der Waals surface area contributed by atoms with E-state index in [0.717, 1.165) is 25.5 Å². The minimum atomic E-state index is 0.174. The number of rotatable bonds is 8. The number of hydrogen-bond acceptors (Lipinski definition) is 3. The van der Waals surface area contributed by atoms with E-state index < -0.39 is 0 Å². The van der Waals surface area contributed by atoms with Crippen LogP contribution < -0.4 is 5.32 Å². The lowest BCUT2D eigenvalue weighted by Crippen LogP contribution is -2.47. The Hall–Kier alpha value is -0.870. The van der Waals surface area contributed by atoms with Gasteiger partial charge >= 0.3 is 0 Å². The number of imidazole rings is 1. The number of hydrogen-bond donors (Lipinski definition) is 1. The molecule has 21 heavy (non-hydrogen) atoms. The third-order valence-corrected chi connectivity index (χ3v) is 3.88. The van der Waals surface area contributed by atoms with Crippen molar-refractivity contribution in [2.75, 3.05) is 20.1 Å². The Labute approximate surface area is 130 Å². The molecule has 1 atom stereocenters. The summed E-state index contributed by atoms with van der Waals surface area (Å²) in [5.74, 6) is 1.13. The van der Waals surface area contributed by atoms with Gasteiger partial charge in [0.1, 0.15) is 5.82 Å². The monoisotopic (exact) mass is 294 g/mol. The molecule has 1 rings (SSSR count). The molecule has 0 spiro atoms. The second-order valence-electron chi connectivity index (χ2n) is 7.79. The van der Waals surface area contributed by atoms with Crippen LogP contribution in [0.1, 0.15) is 53.3 Å². The summed E-state index contributed by atoms with van der Waals surface area (Å²) < 4.78 is 2.10. The summed E-state index contributed by atoms with van der Waals surface area (Å²) in [6.45, 7) is 14.4. The van der Waals surface area contributed by atoms with Gasteiger partial charge in [-0.1, -0.05) is 20.3 Å². The Morgan fingerprint density at radius 1 is 1.29 bits per heavy atom. The van der Waals surface area contributed by atoms with Crippen LogP contribution in [0, 0.1) is 5.41 Å². The highest BCUT2D eigenvalue weighted by Gasteiger charge is 2.27. The van der Waals surface area contributed by atoms with Gasteiger partial charge in [-0.15, -0.1) is 0 Å². The van der Waals surface area contributed by atoms with Gasteiger partial charge in [-0.3, -0.25) is 4.90 Å². The van der Waals surface area contributed by atoms with Gasteiger partial charge in [-0.05, 0) is 39.7 Å². The first kappa shape index (κ1) is 18.2. The fourth-order valence-electron chi connectivity index (χ4n) is 2.80. The largest absolute Gasteiger partial charge is 0.337 e. The van der Waals surface area contributed by atoms with E-state index in [4.69, 9.17) is 0 Å². The molecular formula is C17H34N4. The summed E-state index contributed by atoms with van der Waals surface area (Å²) in [6.07, 6.45) is 6.34. The number of aryl methyl sites for hydroxylation is 1. The standard InChI is InChI=1S/C17H34N4/c1-8-9-17(5,13-19-16(2,3)4)14-20(6)12-15-18-10-11-21(15)7/h10-11,19H,8-9,12-14H2,1-7H3. The third-order valence-electron chi connectivity index (χ3n) is 3.88. The summed E-state index contributed by atoms with van der Waals surface area (Å²) in [7, 11) is 4.25. The van der Waals surface area contributed by atoms with E-state index in [9.17, 15) is 0 Å². The molecule has 0 bridgehead atoms. The zero-order valence-corrected chi connectivity index (χ0v) is 15.0. The Morgan fingerprint density at radius 2 is 1.95 bits per heavy atom. The van der Waals surface area contributed by atoms with Crippen molar-refractivity contribution in [1.82, 2.24) is 19.8 Å². The lowest BCUT2D eigenvalue weighted by atomic mass is 9.84. The van der Waals surface area contributed by atoms with Crippen LogP contribution in [-0.4, -0.2) is 40.1 Å². The molecular weight excluding hydrogens is 260 g/mol. The molecule has 1 heterocycles. The van der Waals surface area contributed by atoms with Crippen molar-refractivity contribution >= 4 is 0 Å². The van der Waals surface area contributed by atoms with Crippen LogP contribution in [-0.2, 0) is 13.6 Å². The van der Waals surface area contributed by atoms with Crippen molar-refractivity contribution in [1.29, 1.82) is 0 Å². The second-order valence-corrected chi connectivity index (χ2v) is 7.79. The van der Waals surface area contributed by atoms with Crippen molar-refractivity contribution in [3.8, 4) is 0 Å². The summed E-state index contributed by atoms with van der Waals surface area (Å²) in [5.41, 5.74) is 0.467. The molecule has 0 fully saturated rings. The first-order valence-corrected chi connectivity index (χ1v) is 8.05. The Bertz CT molecular complexity index is 419. The van der Waals surface area contributed by atoms with E-state index in [0.29, 0.717) is 5.41 Å². The zero-order chi connectivity index (χ0) is 16.1. The smallest absolute Gasteiger partial charge is 0.122 e. The van der Waals surface area contributed by atoms with Crippen LogP contribution in [0.3, 0.4) is 0 Å². The normalized spacial score (nSPS) is 15.4. The van der Waals surface area contributed by atoms with E-state index in [1.165, 1.54) is 12.8 Å². The molecule has 122 valence electrons. The van der Waals surface area contributed by atoms with Crippen LogP contribution in [0.15, 0.2) is 12.4 Å². The molecule has 0 saturated carbocycles. The van der Waals surface area contributed by atoms with Gasteiger partial charge < -0.3 is 9.88 Å². The van der Waals surface area contributed by atoms with E-state index in [1.807, 2.05) is 12.4 Å². The Kier molecular flexibility index (Phi) is 6.41. The molecule has 0 aliphatic rings. The topological polar surface area (TPSA) is 33.1 Å². The van der Waals surface area contributed by atoms with Gasteiger partial charge in [0.25, 0.3) is 0 Å². The van der Waals surface area contributed by atoms with Crippen LogP contribution in [0.2, 0.25) is 0 Å². The molecule has 1 aromatic heterocycles. The Morgan fingerprint density at radius 3 is 2.43 bits per heavy atom. The number of aromatic nitrogens is 2. The van der Waals surface area contributed by atoms with Crippen molar-refractivity contribution < 1.29 is 0 Å². The number of nitrogens with zero attached hydrogens (tertiary/aromatic N) is 3. The average Bonchev–Trinajstić information content (AvgIpc) is 2.72. The van der Waals surface area contributed by atoms with Gasteiger partial charge in [-0.2, -0.15) is 0 Å². The van der Waals surface area contributed by atoms with Crippen molar-refractivity contribution in [2.24, 2.45) is 12.5 Å². The second kappa shape index (κ2) is 7.41. The maximum absolute atomic E-state index is 4.42. The van der Waals surface area contributed by atoms with E-state index in [1.54, 1.807) is 0 Å². The maximum atomic E-state index is 4.42. The predicted octanol–water partition coefficient (Wildman–Crippen LogP) is 3.05. The molecule has 0 aromatic carbocycles. The average molecular weight is 294 g/mol. The highest BCUT2D eigenvalue weighted by Crippen LogP contribution is 2.25. The molecule has 0 aliphatic carbocycles. The molecule has 1 unspecified atom stereocenters. The molecule has 4 heteroatoms. The minimum Gasteiger partial charge on any atom is -0.337 e. The lowest BCUT2D eigenvalue weighted by molar-refractivity contribution is 0.154. The first-order chi connectivity index (χ1) is 9.65. The minimum absolute atomic E-state index is 0.174. The quantitative estimate of drug-likeness (QED) is 0.800. The summed E-state index contributed by atoms with van der Waals surface area (Å²) >= 11 is 0. The summed E-state index contributed by atoms with van der Waals surface area (Å²) in [6, 6.07) is 0. The fraction of sp³-hybridized carbons (Fsp3) is 0.824. The molecule has 0 saturated heterocycles. The zero-order valence-electron chi connectivity index (χ0n) is 15.0. The van der Waals surface area contributed by atoms with E-state index >= 15 is 0 Å². The van der Waals surface area contributed by atoms with E-state index in [2.05, 4.69) is 68.5 Å². The highest BCUT2D eigenvalue weighted by atomic mass is 15.2. The van der Waals surface area contributed by atoms with Gasteiger partial charge in [0.2, 0.25) is 0 Å². The highest BCUT2D eigenvalue weighted by molar-refractivity contribution is 4.92. The molecule has 0 radical (unpaired) electrons.